The zero-order valence-electron chi connectivity index (χ0n) is 12.0. The number of nitrogens with one attached hydrogen (secondary N) is 1. The molecule has 19 heavy (non-hydrogen) atoms. The van der Waals surface area contributed by atoms with E-state index in [1.807, 2.05) is 38.1 Å². The molecule has 0 bridgehead atoms. The van der Waals surface area contributed by atoms with E-state index in [0.717, 1.165) is 11.4 Å². The Kier molecular flexibility index (Phi) is 6.15. The summed E-state index contributed by atoms with van der Waals surface area (Å²) in [5, 5.41) is 2.81. The Morgan fingerprint density at radius 2 is 1.95 bits per heavy atom. The molecule has 1 aromatic rings. The second kappa shape index (κ2) is 7.63. The fourth-order valence-corrected chi connectivity index (χ4v) is 1.44. The van der Waals surface area contributed by atoms with Gasteiger partial charge in [0, 0.05) is 26.4 Å². The van der Waals surface area contributed by atoms with Crippen LogP contribution in [0.25, 0.3) is 0 Å². The first-order valence-corrected chi connectivity index (χ1v) is 6.30. The monoisotopic (exact) mass is 266 g/mol. The lowest BCUT2D eigenvalue weighted by molar-refractivity contribution is 0.165. The van der Waals surface area contributed by atoms with Gasteiger partial charge in [0.25, 0.3) is 0 Å². The lowest BCUT2D eigenvalue weighted by Gasteiger charge is -2.17. The van der Waals surface area contributed by atoms with E-state index in [2.05, 4.69) is 5.32 Å². The molecule has 0 radical (unpaired) electrons. The van der Waals surface area contributed by atoms with Crippen molar-refractivity contribution in [3.63, 3.8) is 0 Å². The number of rotatable bonds is 6. The van der Waals surface area contributed by atoms with Crippen LogP contribution in [-0.2, 0) is 4.74 Å². The second-order valence-electron chi connectivity index (χ2n) is 4.54. The third kappa shape index (κ3) is 5.61. The molecule has 5 nitrogen and oxygen atoms in total. The van der Waals surface area contributed by atoms with Crippen LogP contribution in [0.3, 0.4) is 0 Å². The predicted molar refractivity (Wildman–Crippen MR) is 75.7 cm³/mol. The highest BCUT2D eigenvalue weighted by Crippen LogP contribution is 2.17. The third-order valence-corrected chi connectivity index (χ3v) is 2.45. The lowest BCUT2D eigenvalue weighted by Crippen LogP contribution is -2.33. The van der Waals surface area contributed by atoms with Crippen molar-refractivity contribution in [1.82, 2.24) is 4.90 Å². The van der Waals surface area contributed by atoms with Crippen LogP contribution in [0, 0.1) is 0 Å². The Labute approximate surface area is 114 Å². The largest absolute Gasteiger partial charge is 0.491 e. The topological polar surface area (TPSA) is 50.8 Å². The number of urea groups is 1. The minimum absolute atomic E-state index is 0.139. The van der Waals surface area contributed by atoms with Crippen molar-refractivity contribution in [3.8, 4) is 5.75 Å². The van der Waals surface area contributed by atoms with Crippen LogP contribution in [0.4, 0.5) is 10.5 Å². The number of amides is 2. The standard InChI is InChI=1S/C14H22N2O3/c1-11(2)19-13-7-5-12(6-8-13)15-14(17)16(3)9-10-18-4/h5-8,11H,9-10H2,1-4H3,(H,15,17). The molecule has 1 N–H and O–H groups in total. The van der Waals surface area contributed by atoms with Gasteiger partial charge >= 0.3 is 6.03 Å². The maximum absolute atomic E-state index is 11.8. The number of carbonyl (C=O) groups is 1. The molecule has 5 heteroatoms. The van der Waals surface area contributed by atoms with Crippen LogP contribution >= 0.6 is 0 Å². The molecule has 0 aliphatic heterocycles. The molecular formula is C14H22N2O3. The number of nitrogens with zero attached hydrogens (tertiary/aromatic N) is 1. The number of ether oxygens (including phenoxy) is 2. The number of methoxy groups -OCH3 is 1. The zero-order valence-corrected chi connectivity index (χ0v) is 12.0. The van der Waals surface area contributed by atoms with Gasteiger partial charge in [0.2, 0.25) is 0 Å². The maximum Gasteiger partial charge on any atom is 0.321 e. The molecule has 106 valence electrons. The fraction of sp³-hybridized carbons (Fsp3) is 0.500. The van der Waals surface area contributed by atoms with Crippen molar-refractivity contribution in [2.24, 2.45) is 0 Å². The molecule has 0 unspecified atom stereocenters. The van der Waals surface area contributed by atoms with Gasteiger partial charge < -0.3 is 19.7 Å². The van der Waals surface area contributed by atoms with E-state index in [1.165, 1.54) is 0 Å². The predicted octanol–water partition coefficient (Wildman–Crippen LogP) is 2.58. The van der Waals surface area contributed by atoms with E-state index in [-0.39, 0.29) is 12.1 Å². The number of hydrogen-bond acceptors (Lipinski definition) is 3. The molecule has 0 saturated carbocycles. The first kappa shape index (κ1) is 15.3. The van der Waals surface area contributed by atoms with Crippen LogP contribution in [0.15, 0.2) is 24.3 Å². The van der Waals surface area contributed by atoms with Gasteiger partial charge in [0.1, 0.15) is 5.75 Å². The van der Waals surface area contributed by atoms with Crippen molar-refractivity contribution in [1.29, 1.82) is 0 Å². The lowest BCUT2D eigenvalue weighted by atomic mass is 10.3. The van der Waals surface area contributed by atoms with Crippen molar-refractivity contribution < 1.29 is 14.3 Å². The third-order valence-electron chi connectivity index (χ3n) is 2.45. The average Bonchev–Trinajstić information content (AvgIpc) is 2.37. The van der Waals surface area contributed by atoms with Crippen LogP contribution < -0.4 is 10.1 Å². The van der Waals surface area contributed by atoms with E-state index in [0.29, 0.717) is 13.2 Å². The van der Waals surface area contributed by atoms with Gasteiger partial charge in [-0.15, -0.1) is 0 Å². The fourth-order valence-electron chi connectivity index (χ4n) is 1.44. The summed E-state index contributed by atoms with van der Waals surface area (Å²) in [5.74, 6) is 0.792. The van der Waals surface area contributed by atoms with E-state index < -0.39 is 0 Å². The number of anilines is 1. The van der Waals surface area contributed by atoms with Crippen LogP contribution in [0.1, 0.15) is 13.8 Å². The highest BCUT2D eigenvalue weighted by molar-refractivity contribution is 5.89. The van der Waals surface area contributed by atoms with E-state index in [4.69, 9.17) is 9.47 Å². The van der Waals surface area contributed by atoms with E-state index >= 15 is 0 Å². The Morgan fingerprint density at radius 1 is 1.32 bits per heavy atom. The summed E-state index contributed by atoms with van der Waals surface area (Å²) >= 11 is 0. The van der Waals surface area contributed by atoms with Gasteiger partial charge in [0.15, 0.2) is 0 Å². The summed E-state index contributed by atoms with van der Waals surface area (Å²) < 4.78 is 10.5. The number of likely N-dealkylation sites (N-methyl/N-ethyl adjacent to an activating group) is 1. The van der Waals surface area contributed by atoms with Gasteiger partial charge in [0.05, 0.1) is 12.7 Å². The summed E-state index contributed by atoms with van der Waals surface area (Å²) in [4.78, 5) is 13.4. The van der Waals surface area contributed by atoms with Gasteiger partial charge in [-0.3, -0.25) is 0 Å². The van der Waals surface area contributed by atoms with Crippen molar-refractivity contribution in [2.75, 3.05) is 32.6 Å². The number of benzene rings is 1. The average molecular weight is 266 g/mol. The first-order valence-electron chi connectivity index (χ1n) is 6.30. The highest BCUT2D eigenvalue weighted by atomic mass is 16.5. The molecule has 0 atom stereocenters. The summed E-state index contributed by atoms with van der Waals surface area (Å²) in [6, 6.07) is 7.16. The summed E-state index contributed by atoms with van der Waals surface area (Å²) in [6.45, 7) is 5.02. The van der Waals surface area contributed by atoms with Crippen LogP contribution in [-0.4, -0.2) is 44.3 Å². The minimum Gasteiger partial charge on any atom is -0.491 e. The highest BCUT2D eigenvalue weighted by Gasteiger charge is 2.08. The minimum atomic E-state index is -0.158. The normalized spacial score (nSPS) is 10.4. The number of carbonyl (C=O) groups excluding carboxylic acids is 1. The van der Waals surface area contributed by atoms with Crippen LogP contribution in [0.5, 0.6) is 5.75 Å². The van der Waals surface area contributed by atoms with Crippen molar-refractivity contribution in [2.45, 2.75) is 20.0 Å². The molecule has 1 aromatic carbocycles. The quantitative estimate of drug-likeness (QED) is 0.861. The molecule has 1 rings (SSSR count). The maximum atomic E-state index is 11.8. The van der Waals surface area contributed by atoms with E-state index in [1.54, 1.807) is 19.1 Å². The van der Waals surface area contributed by atoms with Gasteiger partial charge in [-0.2, -0.15) is 0 Å². The SMILES string of the molecule is COCCN(C)C(=O)Nc1ccc(OC(C)C)cc1. The van der Waals surface area contributed by atoms with Gasteiger partial charge in [-0.05, 0) is 38.1 Å². The summed E-state index contributed by atoms with van der Waals surface area (Å²) in [7, 11) is 3.34. The first-order chi connectivity index (χ1) is 9.02. The molecular weight excluding hydrogens is 244 g/mol. The molecule has 0 spiro atoms. The summed E-state index contributed by atoms with van der Waals surface area (Å²) in [6.07, 6.45) is 0.139. The second-order valence-corrected chi connectivity index (χ2v) is 4.54. The number of hydrogen-bond donors (Lipinski definition) is 1. The van der Waals surface area contributed by atoms with E-state index in [9.17, 15) is 4.79 Å². The van der Waals surface area contributed by atoms with Gasteiger partial charge in [-0.25, -0.2) is 4.79 Å². The Morgan fingerprint density at radius 3 is 2.47 bits per heavy atom. The molecule has 0 aliphatic rings. The summed E-state index contributed by atoms with van der Waals surface area (Å²) in [5.41, 5.74) is 0.741. The van der Waals surface area contributed by atoms with Crippen molar-refractivity contribution in [3.05, 3.63) is 24.3 Å². The van der Waals surface area contributed by atoms with Crippen molar-refractivity contribution >= 4 is 11.7 Å². The Bertz CT molecular complexity index is 390. The molecule has 0 saturated heterocycles. The van der Waals surface area contributed by atoms with Crippen LogP contribution in [0.2, 0.25) is 0 Å². The Balaban J connectivity index is 2.50. The molecule has 2 amide bonds. The molecule has 0 aromatic heterocycles. The zero-order chi connectivity index (χ0) is 14.3. The smallest absolute Gasteiger partial charge is 0.321 e. The molecule has 0 fully saturated rings. The van der Waals surface area contributed by atoms with Gasteiger partial charge in [-0.1, -0.05) is 0 Å². The Hall–Kier alpha value is -1.75. The molecule has 0 aliphatic carbocycles. The molecule has 0 heterocycles.